The van der Waals surface area contributed by atoms with Crippen molar-refractivity contribution < 1.29 is 8.42 Å². The average molecular weight is 269 g/mol. The van der Waals surface area contributed by atoms with Gasteiger partial charge in [0.15, 0.2) is 0 Å². The molecule has 0 bridgehead atoms. The van der Waals surface area contributed by atoms with Crippen LogP contribution in [0, 0.1) is 0 Å². The first-order chi connectivity index (χ1) is 8.56. The van der Waals surface area contributed by atoms with Gasteiger partial charge in [0.05, 0.1) is 5.75 Å². The lowest BCUT2D eigenvalue weighted by Crippen LogP contribution is -2.14. The second-order valence-corrected chi connectivity index (χ2v) is 7.02. The van der Waals surface area contributed by atoms with E-state index in [1.807, 2.05) is 0 Å². The normalized spacial score (nSPS) is 15.2. The topological polar surface area (TPSA) is 72.0 Å². The van der Waals surface area contributed by atoms with Crippen LogP contribution in [0.1, 0.15) is 30.5 Å². The van der Waals surface area contributed by atoms with E-state index in [9.17, 15) is 8.42 Å². The largest absolute Gasteiger partial charge is 0.370 e. The van der Waals surface area contributed by atoms with Gasteiger partial charge in [-0.15, -0.1) is 0 Å². The van der Waals surface area contributed by atoms with Crippen LogP contribution in [-0.4, -0.2) is 36.9 Å². The maximum atomic E-state index is 11.0. The minimum atomic E-state index is -2.87. The predicted octanol–water partition coefficient (Wildman–Crippen LogP) is 1.20. The third kappa shape index (κ3) is 3.66. The van der Waals surface area contributed by atoms with Gasteiger partial charge in [0.2, 0.25) is 0 Å². The zero-order valence-electron chi connectivity index (χ0n) is 10.6. The summed E-state index contributed by atoms with van der Waals surface area (Å²) in [4.78, 5) is 8.55. The molecule has 0 saturated heterocycles. The summed E-state index contributed by atoms with van der Waals surface area (Å²) in [6.45, 7) is 0.635. The summed E-state index contributed by atoms with van der Waals surface area (Å²) in [7, 11) is -2.87. The molecule has 0 saturated carbocycles. The van der Waals surface area contributed by atoms with Crippen LogP contribution in [0.2, 0.25) is 0 Å². The van der Waals surface area contributed by atoms with Crippen molar-refractivity contribution in [2.24, 2.45) is 0 Å². The summed E-state index contributed by atoms with van der Waals surface area (Å²) in [5.41, 5.74) is 2.35. The van der Waals surface area contributed by atoms with Gasteiger partial charge >= 0.3 is 0 Å². The first kappa shape index (κ1) is 13.3. The number of hydrogen-bond acceptors (Lipinski definition) is 5. The summed E-state index contributed by atoms with van der Waals surface area (Å²) in [5.74, 6) is 1.10. The summed E-state index contributed by atoms with van der Waals surface area (Å²) in [6, 6.07) is 0. The van der Waals surface area contributed by atoms with E-state index >= 15 is 0 Å². The van der Waals surface area contributed by atoms with Crippen LogP contribution in [0.15, 0.2) is 6.33 Å². The highest BCUT2D eigenvalue weighted by atomic mass is 32.2. The van der Waals surface area contributed by atoms with Crippen LogP contribution in [0.4, 0.5) is 5.82 Å². The highest BCUT2D eigenvalue weighted by molar-refractivity contribution is 7.90. The maximum Gasteiger partial charge on any atom is 0.147 e. The zero-order chi connectivity index (χ0) is 13.0. The molecular formula is C12H19N3O2S. The number of rotatable bonds is 5. The van der Waals surface area contributed by atoms with Gasteiger partial charge < -0.3 is 5.32 Å². The van der Waals surface area contributed by atoms with Crippen molar-refractivity contribution in [1.82, 2.24) is 9.97 Å². The zero-order valence-corrected chi connectivity index (χ0v) is 11.5. The molecule has 0 atom stereocenters. The van der Waals surface area contributed by atoms with Crippen molar-refractivity contribution in [1.29, 1.82) is 0 Å². The molecule has 0 fully saturated rings. The van der Waals surface area contributed by atoms with Crippen LogP contribution < -0.4 is 5.32 Å². The van der Waals surface area contributed by atoms with Gasteiger partial charge in [-0.2, -0.15) is 0 Å². The fraction of sp³-hybridized carbons (Fsp3) is 0.667. The molecule has 1 aromatic heterocycles. The Labute approximate surface area is 108 Å². The summed E-state index contributed by atoms with van der Waals surface area (Å²) >= 11 is 0. The Balaban J connectivity index is 1.93. The Morgan fingerprint density at radius 3 is 2.83 bits per heavy atom. The molecule has 1 N–H and O–H groups in total. The minimum Gasteiger partial charge on any atom is -0.370 e. The third-order valence-corrected chi connectivity index (χ3v) is 4.14. The van der Waals surface area contributed by atoms with Crippen LogP contribution in [0.3, 0.4) is 0 Å². The Morgan fingerprint density at radius 2 is 2.06 bits per heavy atom. The SMILES string of the molecule is CS(=O)(=O)CCCNc1ncnc2c1CCCC2. The lowest BCUT2D eigenvalue weighted by molar-refractivity contribution is 0.600. The smallest absolute Gasteiger partial charge is 0.147 e. The standard InChI is InChI=1S/C12H19N3O2S/c1-18(16,17)8-4-7-13-12-10-5-2-3-6-11(10)14-9-15-12/h9H,2-8H2,1H3,(H,13,14,15). The molecule has 0 spiro atoms. The molecular weight excluding hydrogens is 250 g/mol. The monoisotopic (exact) mass is 269 g/mol. The van der Waals surface area contributed by atoms with Crippen molar-refractivity contribution in [2.75, 3.05) is 23.9 Å². The Hall–Kier alpha value is -1.17. The van der Waals surface area contributed by atoms with Crippen LogP contribution >= 0.6 is 0 Å². The van der Waals surface area contributed by atoms with Crippen LogP contribution in [0.5, 0.6) is 0 Å². The highest BCUT2D eigenvalue weighted by Crippen LogP contribution is 2.24. The minimum absolute atomic E-state index is 0.216. The average Bonchev–Trinajstić information content (AvgIpc) is 2.33. The molecule has 6 heteroatoms. The van der Waals surface area contributed by atoms with Crippen LogP contribution in [0.25, 0.3) is 0 Å². The molecule has 2 rings (SSSR count). The molecule has 0 radical (unpaired) electrons. The lowest BCUT2D eigenvalue weighted by Gasteiger charge is -2.17. The van der Waals surface area contributed by atoms with Gasteiger partial charge in [-0.1, -0.05) is 0 Å². The number of nitrogens with zero attached hydrogens (tertiary/aromatic N) is 2. The number of nitrogens with one attached hydrogen (secondary N) is 1. The third-order valence-electron chi connectivity index (χ3n) is 3.11. The molecule has 0 aromatic carbocycles. The Bertz CT molecular complexity index is 514. The van der Waals surface area contributed by atoms with E-state index in [1.54, 1.807) is 6.33 Å². The maximum absolute atomic E-state index is 11.0. The number of anilines is 1. The van der Waals surface area contributed by atoms with E-state index in [-0.39, 0.29) is 5.75 Å². The van der Waals surface area contributed by atoms with Crippen molar-refractivity contribution >= 4 is 15.7 Å². The van der Waals surface area contributed by atoms with Gasteiger partial charge in [-0.25, -0.2) is 18.4 Å². The predicted molar refractivity (Wildman–Crippen MR) is 71.5 cm³/mol. The quantitative estimate of drug-likeness (QED) is 0.813. The van der Waals surface area contributed by atoms with Crippen LogP contribution in [-0.2, 0) is 22.7 Å². The van der Waals surface area contributed by atoms with E-state index < -0.39 is 9.84 Å². The molecule has 0 unspecified atom stereocenters. The fourth-order valence-corrected chi connectivity index (χ4v) is 2.88. The first-order valence-corrected chi connectivity index (χ1v) is 8.37. The van der Waals surface area contributed by atoms with Gasteiger partial charge in [0, 0.05) is 24.1 Å². The van der Waals surface area contributed by atoms with E-state index in [0.717, 1.165) is 24.4 Å². The molecule has 0 aliphatic heterocycles. The molecule has 1 aliphatic rings. The summed E-state index contributed by atoms with van der Waals surface area (Å²) in [6.07, 6.45) is 7.87. The molecule has 18 heavy (non-hydrogen) atoms. The number of aryl methyl sites for hydroxylation is 1. The van der Waals surface area contributed by atoms with E-state index in [0.29, 0.717) is 13.0 Å². The van der Waals surface area contributed by atoms with E-state index in [1.165, 1.54) is 24.7 Å². The van der Waals surface area contributed by atoms with Crippen molar-refractivity contribution in [2.45, 2.75) is 32.1 Å². The van der Waals surface area contributed by atoms with E-state index in [4.69, 9.17) is 0 Å². The van der Waals surface area contributed by atoms with Gasteiger partial charge in [0.1, 0.15) is 22.0 Å². The number of sulfone groups is 1. The van der Waals surface area contributed by atoms with Gasteiger partial charge in [0.25, 0.3) is 0 Å². The molecule has 1 aliphatic carbocycles. The highest BCUT2D eigenvalue weighted by Gasteiger charge is 2.14. The van der Waals surface area contributed by atoms with Crippen molar-refractivity contribution in [3.05, 3.63) is 17.6 Å². The molecule has 1 heterocycles. The first-order valence-electron chi connectivity index (χ1n) is 6.30. The second kappa shape index (κ2) is 5.65. The molecule has 100 valence electrons. The second-order valence-electron chi connectivity index (χ2n) is 4.76. The Kier molecular flexibility index (Phi) is 4.16. The Morgan fingerprint density at radius 1 is 1.28 bits per heavy atom. The lowest BCUT2D eigenvalue weighted by atomic mass is 9.96. The number of aromatic nitrogens is 2. The molecule has 1 aromatic rings. The summed E-state index contributed by atoms with van der Waals surface area (Å²) < 4.78 is 22.0. The number of hydrogen-bond donors (Lipinski definition) is 1. The summed E-state index contributed by atoms with van der Waals surface area (Å²) in [5, 5.41) is 3.23. The number of fused-ring (bicyclic) bond motifs is 1. The van der Waals surface area contributed by atoms with Gasteiger partial charge in [-0.3, -0.25) is 0 Å². The van der Waals surface area contributed by atoms with Crippen molar-refractivity contribution in [3.63, 3.8) is 0 Å². The van der Waals surface area contributed by atoms with Crippen molar-refractivity contribution in [3.8, 4) is 0 Å². The molecule has 0 amide bonds. The fourth-order valence-electron chi connectivity index (χ4n) is 2.21. The van der Waals surface area contributed by atoms with E-state index in [2.05, 4.69) is 15.3 Å². The molecule has 5 nitrogen and oxygen atoms in total. The van der Waals surface area contributed by atoms with Gasteiger partial charge in [-0.05, 0) is 32.1 Å².